The quantitative estimate of drug-likeness (QED) is 0.722. The Morgan fingerprint density at radius 2 is 2.47 bits per heavy atom. The maximum absolute atomic E-state index is 11.5. The van der Waals surface area contributed by atoms with Crippen LogP contribution < -0.4 is 10.6 Å². The van der Waals surface area contributed by atoms with Gasteiger partial charge in [0.2, 0.25) is 0 Å². The molecule has 0 aliphatic carbocycles. The normalized spacial score (nSPS) is 19.6. The highest BCUT2D eigenvalue weighted by molar-refractivity contribution is 5.93. The average molecular weight is 230 g/mol. The van der Waals surface area contributed by atoms with Crippen LogP contribution in [0.15, 0.2) is 18.5 Å². The topological polar surface area (TPSA) is 56.9 Å². The molecule has 5 heteroatoms. The summed E-state index contributed by atoms with van der Waals surface area (Å²) in [6.07, 6.45) is 5.83. The fraction of sp³-hybridized carbons (Fsp3) is 0.500. The number of nitrogens with one attached hydrogen (secondary N) is 3. The van der Waals surface area contributed by atoms with Crippen LogP contribution in [0.4, 0.5) is 0 Å². The fourth-order valence-corrected chi connectivity index (χ4v) is 1.71. The van der Waals surface area contributed by atoms with Gasteiger partial charge in [0.15, 0.2) is 0 Å². The van der Waals surface area contributed by atoms with Crippen LogP contribution in [0.2, 0.25) is 0 Å². The minimum atomic E-state index is -0.0000463. The second kappa shape index (κ2) is 5.78. The van der Waals surface area contributed by atoms with Crippen molar-refractivity contribution in [2.45, 2.75) is 18.9 Å². The Morgan fingerprint density at radius 3 is 3.07 bits per heavy atom. The first-order chi connectivity index (χ1) is 6.86. The van der Waals surface area contributed by atoms with Crippen molar-refractivity contribution in [3.63, 3.8) is 0 Å². The van der Waals surface area contributed by atoms with E-state index < -0.39 is 0 Å². The van der Waals surface area contributed by atoms with Gasteiger partial charge in [-0.3, -0.25) is 4.79 Å². The summed E-state index contributed by atoms with van der Waals surface area (Å²) in [5.41, 5.74) is 0.697. The molecule has 1 aromatic rings. The third-order valence-electron chi connectivity index (χ3n) is 2.53. The maximum Gasteiger partial charge on any atom is 0.252 e. The van der Waals surface area contributed by atoms with Crippen molar-refractivity contribution in [1.82, 2.24) is 15.6 Å². The molecule has 0 bridgehead atoms. The molecule has 1 amide bonds. The zero-order chi connectivity index (χ0) is 9.80. The number of H-pyrrole nitrogens is 1. The summed E-state index contributed by atoms with van der Waals surface area (Å²) in [7, 11) is 0. The van der Waals surface area contributed by atoms with Gasteiger partial charge >= 0.3 is 0 Å². The predicted molar refractivity (Wildman–Crippen MR) is 61.4 cm³/mol. The Labute approximate surface area is 95.2 Å². The molecule has 1 atom stereocenters. The Bertz CT molecular complexity index is 294. The van der Waals surface area contributed by atoms with E-state index in [9.17, 15) is 4.79 Å². The molecule has 2 heterocycles. The first-order valence-electron chi connectivity index (χ1n) is 5.00. The van der Waals surface area contributed by atoms with Crippen LogP contribution >= 0.6 is 12.4 Å². The monoisotopic (exact) mass is 229 g/mol. The molecule has 0 radical (unpaired) electrons. The smallest absolute Gasteiger partial charge is 0.252 e. The Balaban J connectivity index is 0.00000112. The third kappa shape index (κ3) is 3.25. The molecule has 1 aliphatic heterocycles. The minimum Gasteiger partial charge on any atom is -0.367 e. The summed E-state index contributed by atoms with van der Waals surface area (Å²) in [5, 5.41) is 6.24. The van der Waals surface area contributed by atoms with Gasteiger partial charge in [-0.2, -0.15) is 0 Å². The number of hydrogen-bond donors (Lipinski definition) is 3. The lowest BCUT2D eigenvalue weighted by Gasteiger charge is -2.10. The number of carbonyl (C=O) groups is 1. The van der Waals surface area contributed by atoms with Crippen molar-refractivity contribution < 1.29 is 4.79 Å². The lowest BCUT2D eigenvalue weighted by Crippen LogP contribution is -2.37. The van der Waals surface area contributed by atoms with Gasteiger partial charge in [-0.1, -0.05) is 0 Å². The van der Waals surface area contributed by atoms with Gasteiger partial charge in [0, 0.05) is 25.0 Å². The second-order valence-corrected chi connectivity index (χ2v) is 3.60. The van der Waals surface area contributed by atoms with Crippen molar-refractivity contribution in [2.75, 3.05) is 13.1 Å². The Hall–Kier alpha value is -1.00. The number of amides is 1. The van der Waals surface area contributed by atoms with Crippen molar-refractivity contribution in [1.29, 1.82) is 0 Å². The van der Waals surface area contributed by atoms with Gasteiger partial charge < -0.3 is 15.6 Å². The molecule has 1 saturated heterocycles. The lowest BCUT2D eigenvalue weighted by molar-refractivity contribution is 0.0950. The molecule has 1 fully saturated rings. The summed E-state index contributed by atoms with van der Waals surface area (Å²) in [4.78, 5) is 14.4. The van der Waals surface area contributed by atoms with E-state index in [1.54, 1.807) is 18.5 Å². The molecule has 15 heavy (non-hydrogen) atoms. The highest BCUT2D eigenvalue weighted by Crippen LogP contribution is 2.03. The molecule has 1 aliphatic rings. The van der Waals surface area contributed by atoms with Crippen molar-refractivity contribution in [2.24, 2.45) is 0 Å². The van der Waals surface area contributed by atoms with Crippen LogP contribution in [0, 0.1) is 0 Å². The fourth-order valence-electron chi connectivity index (χ4n) is 1.71. The molecule has 0 aromatic carbocycles. The second-order valence-electron chi connectivity index (χ2n) is 3.60. The number of carbonyl (C=O) groups excluding carboxylic acids is 1. The molecule has 4 nitrogen and oxygen atoms in total. The summed E-state index contributed by atoms with van der Waals surface area (Å²) >= 11 is 0. The van der Waals surface area contributed by atoms with E-state index in [1.165, 1.54) is 6.42 Å². The van der Waals surface area contributed by atoms with Crippen LogP contribution in [-0.4, -0.2) is 30.0 Å². The van der Waals surface area contributed by atoms with Gasteiger partial charge in [0.1, 0.15) is 0 Å². The number of hydrogen-bond acceptors (Lipinski definition) is 2. The van der Waals surface area contributed by atoms with Gasteiger partial charge in [-0.05, 0) is 25.5 Å². The molecule has 3 N–H and O–H groups in total. The van der Waals surface area contributed by atoms with Crippen molar-refractivity contribution in [3.8, 4) is 0 Å². The van der Waals surface area contributed by atoms with E-state index in [1.807, 2.05) is 0 Å². The lowest BCUT2D eigenvalue weighted by atomic mass is 10.2. The molecule has 1 aromatic heterocycles. The van der Waals surface area contributed by atoms with E-state index >= 15 is 0 Å². The summed E-state index contributed by atoms with van der Waals surface area (Å²) in [6.45, 7) is 1.80. The van der Waals surface area contributed by atoms with Crippen LogP contribution in [-0.2, 0) is 0 Å². The van der Waals surface area contributed by atoms with Crippen LogP contribution in [0.25, 0.3) is 0 Å². The molecule has 2 rings (SSSR count). The highest BCUT2D eigenvalue weighted by atomic mass is 35.5. The van der Waals surface area contributed by atoms with Crippen molar-refractivity contribution in [3.05, 3.63) is 24.0 Å². The highest BCUT2D eigenvalue weighted by Gasteiger charge is 2.15. The molecule has 1 unspecified atom stereocenters. The van der Waals surface area contributed by atoms with Gasteiger partial charge in [0.05, 0.1) is 5.56 Å². The van der Waals surface area contributed by atoms with E-state index in [-0.39, 0.29) is 18.3 Å². The zero-order valence-electron chi connectivity index (χ0n) is 8.45. The largest absolute Gasteiger partial charge is 0.367 e. The molecule has 0 saturated carbocycles. The molecule has 84 valence electrons. The van der Waals surface area contributed by atoms with Gasteiger partial charge in [-0.25, -0.2) is 0 Å². The molecular formula is C10H16ClN3O. The van der Waals surface area contributed by atoms with Crippen molar-refractivity contribution >= 4 is 18.3 Å². The SMILES string of the molecule is Cl.O=C(NCC1CCCN1)c1cc[nH]c1. The van der Waals surface area contributed by atoms with E-state index in [2.05, 4.69) is 15.6 Å². The first kappa shape index (κ1) is 12.1. The van der Waals surface area contributed by atoms with Crippen LogP contribution in [0.3, 0.4) is 0 Å². The van der Waals surface area contributed by atoms with Crippen LogP contribution in [0.5, 0.6) is 0 Å². The molecular weight excluding hydrogens is 214 g/mol. The number of halogens is 1. The van der Waals surface area contributed by atoms with Gasteiger partial charge in [-0.15, -0.1) is 12.4 Å². The summed E-state index contributed by atoms with van der Waals surface area (Å²) < 4.78 is 0. The predicted octanol–water partition coefficient (Wildman–Crippen LogP) is 0.918. The third-order valence-corrected chi connectivity index (χ3v) is 2.53. The van der Waals surface area contributed by atoms with E-state index in [4.69, 9.17) is 0 Å². The molecule has 0 spiro atoms. The Kier molecular flexibility index (Phi) is 4.65. The average Bonchev–Trinajstić information content (AvgIpc) is 2.87. The Morgan fingerprint density at radius 1 is 1.60 bits per heavy atom. The first-order valence-corrected chi connectivity index (χ1v) is 5.00. The minimum absolute atomic E-state index is 0. The van der Waals surface area contributed by atoms with E-state index in [0.717, 1.165) is 19.5 Å². The van der Waals surface area contributed by atoms with Crippen LogP contribution in [0.1, 0.15) is 23.2 Å². The number of rotatable bonds is 3. The summed E-state index contributed by atoms with van der Waals surface area (Å²) in [6, 6.07) is 2.23. The number of aromatic nitrogens is 1. The summed E-state index contributed by atoms with van der Waals surface area (Å²) in [5.74, 6) is -0.0000463. The maximum atomic E-state index is 11.5. The van der Waals surface area contributed by atoms with Gasteiger partial charge in [0.25, 0.3) is 5.91 Å². The standard InChI is InChI=1S/C10H15N3O.ClH/c14-10(8-3-5-11-6-8)13-7-9-2-1-4-12-9;/h3,5-6,9,11-12H,1-2,4,7H2,(H,13,14);1H. The zero-order valence-corrected chi connectivity index (χ0v) is 9.27. The number of aromatic amines is 1. The van der Waals surface area contributed by atoms with E-state index in [0.29, 0.717) is 11.6 Å².